The van der Waals surface area contributed by atoms with Crippen LogP contribution in [0.15, 0.2) is 35.9 Å². The number of hydrogen-bond acceptors (Lipinski definition) is 3. The number of aromatic nitrogens is 1. The van der Waals surface area contributed by atoms with Crippen LogP contribution in [-0.2, 0) is 12.6 Å². The van der Waals surface area contributed by atoms with Crippen molar-refractivity contribution in [1.82, 2.24) is 4.98 Å². The van der Waals surface area contributed by atoms with Gasteiger partial charge in [0.1, 0.15) is 5.01 Å². The van der Waals surface area contributed by atoms with E-state index in [1.807, 2.05) is 0 Å². The van der Waals surface area contributed by atoms with Crippen molar-refractivity contribution in [3.8, 4) is 10.6 Å². The molecule has 2 rings (SSSR count). The average molecular weight is 320 g/mol. The summed E-state index contributed by atoms with van der Waals surface area (Å²) in [5, 5.41) is 11.1. The Labute approximate surface area is 122 Å². The summed E-state index contributed by atoms with van der Waals surface area (Å²) in [6.45, 7) is 3.34. The minimum atomic E-state index is -4.46. The van der Waals surface area contributed by atoms with E-state index in [0.29, 0.717) is 16.3 Å². The van der Waals surface area contributed by atoms with Crippen LogP contribution in [0.1, 0.15) is 11.3 Å². The molecule has 0 spiro atoms. The molecular weight excluding hydrogens is 311 g/mol. The van der Waals surface area contributed by atoms with E-state index >= 15 is 0 Å². The first-order valence-corrected chi connectivity index (χ1v) is 6.71. The maximum Gasteiger partial charge on any atom is 0.416 e. The number of aliphatic hydroxyl groups is 1. The van der Waals surface area contributed by atoms with Crippen LogP contribution in [0.3, 0.4) is 0 Å². The van der Waals surface area contributed by atoms with Gasteiger partial charge >= 0.3 is 6.18 Å². The van der Waals surface area contributed by atoms with Gasteiger partial charge in [-0.25, -0.2) is 4.98 Å². The maximum atomic E-state index is 12.7. The van der Waals surface area contributed by atoms with Gasteiger partial charge in [0.15, 0.2) is 0 Å². The zero-order valence-corrected chi connectivity index (χ0v) is 11.6. The molecule has 0 aliphatic rings. The Morgan fingerprint density at radius 1 is 1.35 bits per heavy atom. The van der Waals surface area contributed by atoms with Gasteiger partial charge in [0.25, 0.3) is 0 Å². The standard InChI is InChI=1S/C13H9ClF3NOS/c1-7(19)2-11-6-20-12(18-11)8-3-9(13(15,16)17)5-10(14)4-8/h3-6,19H,1-2H2. The molecule has 20 heavy (non-hydrogen) atoms. The van der Waals surface area contributed by atoms with Crippen molar-refractivity contribution in [3.05, 3.63) is 52.2 Å². The minimum absolute atomic E-state index is 0.00172. The lowest BCUT2D eigenvalue weighted by Crippen LogP contribution is -2.04. The lowest BCUT2D eigenvalue weighted by Gasteiger charge is -2.08. The molecule has 1 aromatic carbocycles. The zero-order valence-electron chi connectivity index (χ0n) is 10.0. The van der Waals surface area contributed by atoms with Crippen molar-refractivity contribution >= 4 is 22.9 Å². The van der Waals surface area contributed by atoms with E-state index in [0.717, 1.165) is 12.1 Å². The molecule has 0 atom stereocenters. The Morgan fingerprint density at radius 3 is 2.65 bits per heavy atom. The molecule has 0 aliphatic carbocycles. The summed E-state index contributed by atoms with van der Waals surface area (Å²) >= 11 is 6.90. The van der Waals surface area contributed by atoms with Crippen molar-refractivity contribution < 1.29 is 18.3 Å². The molecule has 0 bridgehead atoms. The fraction of sp³-hybridized carbons (Fsp3) is 0.154. The molecule has 7 heteroatoms. The molecule has 0 saturated carbocycles. The van der Waals surface area contributed by atoms with Crippen molar-refractivity contribution in [1.29, 1.82) is 0 Å². The van der Waals surface area contributed by atoms with Crippen LogP contribution in [-0.4, -0.2) is 10.1 Å². The van der Waals surface area contributed by atoms with Gasteiger partial charge in [-0.05, 0) is 18.2 Å². The number of rotatable bonds is 3. The van der Waals surface area contributed by atoms with Gasteiger partial charge < -0.3 is 5.11 Å². The molecule has 1 N–H and O–H groups in total. The van der Waals surface area contributed by atoms with Gasteiger partial charge in [-0.3, -0.25) is 0 Å². The van der Waals surface area contributed by atoms with Gasteiger partial charge in [-0.2, -0.15) is 13.2 Å². The van der Waals surface area contributed by atoms with Gasteiger partial charge in [0.2, 0.25) is 0 Å². The number of benzene rings is 1. The minimum Gasteiger partial charge on any atom is -0.513 e. The quantitative estimate of drug-likeness (QED) is 0.799. The van der Waals surface area contributed by atoms with Crippen LogP contribution >= 0.6 is 22.9 Å². The summed E-state index contributed by atoms with van der Waals surface area (Å²) in [4.78, 5) is 4.16. The van der Waals surface area contributed by atoms with Crippen molar-refractivity contribution in [2.24, 2.45) is 0 Å². The van der Waals surface area contributed by atoms with Crippen LogP contribution < -0.4 is 0 Å². The molecule has 0 radical (unpaired) electrons. The molecule has 0 saturated heterocycles. The summed E-state index contributed by atoms with van der Waals surface area (Å²) in [7, 11) is 0. The third-order valence-corrected chi connectivity index (χ3v) is 3.57. The highest BCUT2D eigenvalue weighted by Gasteiger charge is 2.31. The molecule has 106 valence electrons. The third-order valence-electron chi connectivity index (χ3n) is 2.41. The molecule has 1 aromatic heterocycles. The zero-order chi connectivity index (χ0) is 14.9. The summed E-state index contributed by atoms with van der Waals surface area (Å²) in [5.41, 5.74) is 0.0268. The number of nitrogens with zero attached hydrogens (tertiary/aromatic N) is 1. The number of hydrogen-bond donors (Lipinski definition) is 1. The van der Waals surface area contributed by atoms with E-state index in [9.17, 15) is 13.2 Å². The Morgan fingerprint density at radius 2 is 2.05 bits per heavy atom. The van der Waals surface area contributed by atoms with E-state index in [2.05, 4.69) is 11.6 Å². The average Bonchev–Trinajstić information content (AvgIpc) is 2.74. The molecule has 0 unspecified atom stereocenters. The monoisotopic (exact) mass is 319 g/mol. The number of alkyl halides is 3. The number of allylic oxidation sites excluding steroid dienone is 1. The first kappa shape index (κ1) is 14.9. The van der Waals surface area contributed by atoms with Crippen LogP contribution in [0.5, 0.6) is 0 Å². The highest BCUT2D eigenvalue weighted by molar-refractivity contribution is 7.13. The summed E-state index contributed by atoms with van der Waals surface area (Å²) in [6, 6.07) is 3.30. The molecule has 2 nitrogen and oxygen atoms in total. The van der Waals surface area contributed by atoms with Crippen molar-refractivity contribution in [3.63, 3.8) is 0 Å². The second-order valence-electron chi connectivity index (χ2n) is 4.11. The Bertz CT molecular complexity index is 651. The predicted molar refractivity (Wildman–Crippen MR) is 73.0 cm³/mol. The lowest BCUT2D eigenvalue weighted by molar-refractivity contribution is -0.137. The van der Waals surface area contributed by atoms with E-state index in [4.69, 9.17) is 16.7 Å². The fourth-order valence-electron chi connectivity index (χ4n) is 1.61. The molecule has 2 aromatic rings. The van der Waals surface area contributed by atoms with Crippen LogP contribution in [0.2, 0.25) is 5.02 Å². The summed E-state index contributed by atoms with van der Waals surface area (Å²) < 4.78 is 38.2. The SMILES string of the molecule is C=C(O)Cc1csc(-c2cc(Cl)cc(C(F)(F)F)c2)n1. The smallest absolute Gasteiger partial charge is 0.416 e. The molecule has 1 heterocycles. The second kappa shape index (κ2) is 5.46. The van der Waals surface area contributed by atoms with E-state index < -0.39 is 11.7 Å². The number of halogens is 4. The van der Waals surface area contributed by atoms with Gasteiger partial charge in [0.05, 0.1) is 17.0 Å². The molecule has 0 amide bonds. The summed E-state index contributed by atoms with van der Waals surface area (Å²) in [5.74, 6) is -0.0519. The van der Waals surface area contributed by atoms with Crippen LogP contribution in [0.4, 0.5) is 13.2 Å². The van der Waals surface area contributed by atoms with E-state index in [-0.39, 0.29) is 17.2 Å². The van der Waals surface area contributed by atoms with E-state index in [1.165, 1.54) is 17.4 Å². The second-order valence-corrected chi connectivity index (χ2v) is 5.41. The normalized spacial score (nSPS) is 11.6. The van der Waals surface area contributed by atoms with Gasteiger partial charge in [-0.15, -0.1) is 11.3 Å². The highest BCUT2D eigenvalue weighted by atomic mass is 35.5. The maximum absolute atomic E-state index is 12.7. The van der Waals surface area contributed by atoms with Crippen molar-refractivity contribution in [2.45, 2.75) is 12.6 Å². The van der Waals surface area contributed by atoms with Crippen LogP contribution in [0.25, 0.3) is 10.6 Å². The Kier molecular flexibility index (Phi) is 4.06. The van der Waals surface area contributed by atoms with Gasteiger partial charge in [-0.1, -0.05) is 18.2 Å². The topological polar surface area (TPSA) is 33.1 Å². The Hall–Kier alpha value is -1.53. The molecular formula is C13H9ClF3NOS. The first-order valence-electron chi connectivity index (χ1n) is 5.45. The molecule has 0 fully saturated rings. The van der Waals surface area contributed by atoms with Crippen molar-refractivity contribution in [2.75, 3.05) is 0 Å². The Balaban J connectivity index is 2.40. The largest absolute Gasteiger partial charge is 0.513 e. The molecule has 0 aliphatic heterocycles. The number of aliphatic hydroxyl groups excluding tert-OH is 1. The number of thiazole rings is 1. The first-order chi connectivity index (χ1) is 9.25. The van der Waals surface area contributed by atoms with Gasteiger partial charge in [0, 0.05) is 22.4 Å². The van der Waals surface area contributed by atoms with Crippen LogP contribution in [0, 0.1) is 0 Å². The third kappa shape index (κ3) is 3.52. The fourth-order valence-corrected chi connectivity index (χ4v) is 2.65. The highest BCUT2D eigenvalue weighted by Crippen LogP contribution is 2.35. The summed E-state index contributed by atoms with van der Waals surface area (Å²) in [6.07, 6.45) is -4.29. The van der Waals surface area contributed by atoms with E-state index in [1.54, 1.807) is 5.38 Å². The lowest BCUT2D eigenvalue weighted by atomic mass is 10.1. The predicted octanol–water partition coefficient (Wildman–Crippen LogP) is 5.10.